The maximum atomic E-state index is 14.2. The van der Waals surface area contributed by atoms with Crippen LogP contribution in [0.5, 0.6) is 23.0 Å². The van der Waals surface area contributed by atoms with Crippen molar-refractivity contribution in [2.75, 3.05) is 50.2 Å². The number of hydrogen-bond donors (Lipinski definition) is 4. The van der Waals surface area contributed by atoms with Crippen molar-refractivity contribution >= 4 is 88.1 Å². The largest absolute Gasteiger partial charge is 0.493 e. The first-order valence-electron chi connectivity index (χ1n) is 43.3. The lowest BCUT2D eigenvalue weighted by atomic mass is 9.42. The predicted octanol–water partition coefficient (Wildman–Crippen LogP) is 25.0. The average Bonchev–Trinajstić information content (AvgIpc) is 0.714. The zero-order chi connectivity index (χ0) is 75.7. The summed E-state index contributed by atoms with van der Waals surface area (Å²) in [6.45, 7) is 12.9. The van der Waals surface area contributed by atoms with Gasteiger partial charge in [-0.05, 0) is 283 Å². The molecule has 9 aliphatic carbocycles. The van der Waals surface area contributed by atoms with Crippen molar-refractivity contribution in [3.05, 3.63) is 225 Å². The number of carbonyl (C=O) groups is 2. The van der Waals surface area contributed by atoms with E-state index in [0.717, 1.165) is 122 Å². The number of para-hydroxylation sites is 2. The normalized spacial score (nSPS) is 23.4. The van der Waals surface area contributed by atoms with Gasteiger partial charge in [0, 0.05) is 49.5 Å². The summed E-state index contributed by atoms with van der Waals surface area (Å²) in [4.78, 5) is 28.5. The van der Waals surface area contributed by atoms with Gasteiger partial charge in [0.15, 0.2) is 0 Å². The van der Waals surface area contributed by atoms with Gasteiger partial charge in [-0.15, -0.1) is 0 Å². The number of urea groups is 2. The molecular weight excluding hydrogens is 1380 g/mol. The highest BCUT2D eigenvalue weighted by molar-refractivity contribution is 6.27. The Morgan fingerprint density at radius 3 is 0.973 bits per heavy atom. The van der Waals surface area contributed by atoms with Gasteiger partial charge in [-0.3, -0.25) is 0 Å². The first-order valence-corrected chi connectivity index (χ1v) is 43.3. The summed E-state index contributed by atoms with van der Waals surface area (Å²) >= 11 is 0. The number of unbranched alkanes of at least 4 members (excludes halogenated alkanes) is 4. The number of hydrogen-bond acceptors (Lipinski definition) is 6. The zero-order valence-electron chi connectivity index (χ0n) is 66.6. The third kappa shape index (κ3) is 13.6. The topological polar surface area (TPSA) is 119 Å². The van der Waals surface area contributed by atoms with Gasteiger partial charge < -0.3 is 40.2 Å². The molecule has 12 aromatic carbocycles. The van der Waals surface area contributed by atoms with Crippen LogP contribution >= 0.6 is 0 Å². The van der Waals surface area contributed by atoms with Crippen molar-refractivity contribution in [1.82, 2.24) is 10.6 Å². The average molecular weight is 1490 g/mol. The monoisotopic (exact) mass is 1490 g/mol. The number of rotatable bonds is 26. The van der Waals surface area contributed by atoms with Crippen molar-refractivity contribution in [3.63, 3.8) is 0 Å². The SMILES string of the molecule is CCCCOc1c2cccc1Cc1cc(C34CC5CC(CC(CCNC(=O)Nc6ccc7ccc8cccc9ccc6c7c89)(C5)C3)C4)cc(c1OCCCC)Cc1cccc(c1OCCCC)Cc1cc(C34CC5CC(CC(CCNC(=O)Nc6ccc7ccc8cccc9ccc6c7c89)(C5)C3)C4)cc(c1OCCCC)C2. The Labute approximate surface area is 661 Å². The quantitative estimate of drug-likeness (QED) is 0.0317. The molecule has 112 heavy (non-hydrogen) atoms. The summed E-state index contributed by atoms with van der Waals surface area (Å²) in [5, 5.41) is 27.8. The lowest BCUT2D eigenvalue weighted by Crippen LogP contribution is -2.54. The molecule has 0 aliphatic heterocycles. The molecule has 0 saturated heterocycles. The Morgan fingerprint density at radius 2 is 0.643 bits per heavy atom. The first kappa shape index (κ1) is 72.7. The van der Waals surface area contributed by atoms with Crippen molar-refractivity contribution in [2.45, 2.75) is 205 Å². The van der Waals surface area contributed by atoms with Crippen LogP contribution in [0.3, 0.4) is 0 Å². The van der Waals surface area contributed by atoms with Crippen molar-refractivity contribution < 1.29 is 28.5 Å². The summed E-state index contributed by atoms with van der Waals surface area (Å²) < 4.78 is 29.5. The van der Waals surface area contributed by atoms with Crippen LogP contribution in [0.2, 0.25) is 0 Å². The molecule has 16 bridgehead atoms. The molecule has 12 aromatic rings. The Bertz CT molecular complexity index is 5050. The summed E-state index contributed by atoms with van der Waals surface area (Å²) in [6.07, 6.45) is 27.1. The lowest BCUT2D eigenvalue weighted by molar-refractivity contribution is -0.0756. The van der Waals surface area contributed by atoms with Gasteiger partial charge in [0.2, 0.25) is 0 Å². The maximum absolute atomic E-state index is 14.2. The van der Waals surface area contributed by atoms with E-state index in [4.69, 9.17) is 18.9 Å². The van der Waals surface area contributed by atoms with Crippen LogP contribution in [0.4, 0.5) is 21.0 Å². The number of anilines is 2. The molecule has 0 spiro atoms. The standard InChI is InChI=1S/C102H112N4O6/c1-5-9-41-109-93-75-21-15-22-76(93)48-80-52-84(102-61-67-46-68(62-102)58-100(57-67,64-102)38-40-104-98(108)106-88-36-32-74-28-26-70-18-14-20-72-30-34-86(88)92(74)90(70)72)54-82(96(80)112-44-12-8-4)50-78-24-16-23-77(94(78)110-42-10-6-2)49-81-53-83(51-79(47-75)95(81)111-43-11-7-3)101-59-65-45-66(60-101)56-99(55-65,63-101)37-39-103-97(107)105-87-35-31-73-27-25-69-17-13-19-71-29-33-85(87)91(73)89(69)71/h13-36,51-54,65-68H,5-12,37-50,55-64H2,1-4H3,(H2,103,105,107)(H2,104,106,108). The Hall–Kier alpha value is -9.54. The first-order chi connectivity index (χ1) is 54.9. The molecule has 0 aromatic heterocycles. The molecule has 4 N–H and O–H groups in total. The molecule has 21 rings (SSSR count). The zero-order valence-corrected chi connectivity index (χ0v) is 66.6. The van der Waals surface area contributed by atoms with E-state index < -0.39 is 0 Å². The van der Waals surface area contributed by atoms with E-state index in [1.54, 1.807) is 0 Å². The van der Waals surface area contributed by atoms with E-state index in [9.17, 15) is 9.59 Å². The van der Waals surface area contributed by atoms with Crippen molar-refractivity contribution in [1.29, 1.82) is 0 Å². The van der Waals surface area contributed by atoms with Gasteiger partial charge in [0.25, 0.3) is 0 Å². The Kier molecular flexibility index (Phi) is 19.5. The van der Waals surface area contributed by atoms with E-state index in [1.807, 2.05) is 0 Å². The van der Waals surface area contributed by atoms with Gasteiger partial charge >= 0.3 is 12.1 Å². The fraction of sp³-hybridized carbons (Fsp3) is 0.431. The van der Waals surface area contributed by atoms with Crippen LogP contribution in [0, 0.1) is 34.5 Å². The highest BCUT2D eigenvalue weighted by Gasteiger charge is 2.60. The van der Waals surface area contributed by atoms with Crippen molar-refractivity contribution in [3.8, 4) is 23.0 Å². The van der Waals surface area contributed by atoms with Crippen LogP contribution in [0.25, 0.3) is 64.6 Å². The second-order valence-electron chi connectivity index (χ2n) is 36.3. The van der Waals surface area contributed by atoms with E-state index >= 15 is 0 Å². The molecule has 10 nitrogen and oxygen atoms in total. The smallest absolute Gasteiger partial charge is 0.319 e. The van der Waals surface area contributed by atoms with Gasteiger partial charge in [-0.25, -0.2) is 9.59 Å². The molecule has 9 aliphatic rings. The number of carbonyl (C=O) groups excluding carboxylic acids is 2. The predicted molar refractivity (Wildman–Crippen MR) is 460 cm³/mol. The van der Waals surface area contributed by atoms with E-state index in [2.05, 4.69) is 219 Å². The molecule has 8 saturated carbocycles. The van der Waals surface area contributed by atoms with Gasteiger partial charge in [-0.1, -0.05) is 211 Å². The molecule has 4 amide bonds. The molecule has 0 heterocycles. The number of amides is 4. The fourth-order valence-electron chi connectivity index (χ4n) is 24.4. The van der Waals surface area contributed by atoms with Crippen LogP contribution < -0.4 is 40.2 Å². The molecule has 0 radical (unpaired) electrons. The van der Waals surface area contributed by atoms with Gasteiger partial charge in [0.05, 0.1) is 37.8 Å². The molecule has 4 unspecified atom stereocenters. The third-order valence-electron chi connectivity index (χ3n) is 28.4. The van der Waals surface area contributed by atoms with E-state index in [1.165, 1.54) is 174 Å². The number of ether oxygens (including phenoxy) is 4. The summed E-state index contributed by atoms with van der Waals surface area (Å²) in [6, 6.07) is 63.3. The summed E-state index contributed by atoms with van der Waals surface area (Å²) in [5.41, 5.74) is 14.6. The number of benzene rings is 12. The van der Waals surface area contributed by atoms with Gasteiger partial charge in [-0.2, -0.15) is 0 Å². The van der Waals surface area contributed by atoms with E-state index in [-0.39, 0.29) is 33.7 Å². The minimum Gasteiger partial charge on any atom is -0.493 e. The maximum Gasteiger partial charge on any atom is 0.319 e. The molecule has 8 fully saturated rings. The third-order valence-corrected chi connectivity index (χ3v) is 28.4. The summed E-state index contributed by atoms with van der Waals surface area (Å²) in [7, 11) is 0. The molecule has 4 atom stereocenters. The fourth-order valence-corrected chi connectivity index (χ4v) is 24.4. The molecular formula is C102H112N4O6. The van der Waals surface area contributed by atoms with Crippen LogP contribution in [0.15, 0.2) is 170 Å². The minimum atomic E-state index is -0.134. The minimum absolute atomic E-state index is 0.0165. The second kappa shape index (κ2) is 30.1. The van der Waals surface area contributed by atoms with Gasteiger partial charge in [0.1, 0.15) is 23.0 Å². The van der Waals surface area contributed by atoms with Crippen LogP contribution in [0.1, 0.15) is 225 Å². The van der Waals surface area contributed by atoms with Crippen molar-refractivity contribution in [2.24, 2.45) is 34.5 Å². The number of nitrogens with one attached hydrogen (secondary N) is 4. The van der Waals surface area contributed by atoms with Crippen LogP contribution in [-0.2, 0) is 36.5 Å². The molecule has 10 heteroatoms. The second-order valence-corrected chi connectivity index (χ2v) is 36.3. The summed E-state index contributed by atoms with van der Waals surface area (Å²) in [5.74, 6) is 6.59. The highest BCUT2D eigenvalue weighted by atomic mass is 16.5. The Morgan fingerprint density at radius 1 is 0.348 bits per heavy atom. The van der Waals surface area contributed by atoms with E-state index in [0.29, 0.717) is 88.9 Å². The molecule has 576 valence electrons. The number of fused-ring (bicyclic) bond motifs is 8. The Balaban J connectivity index is 0.662. The van der Waals surface area contributed by atoms with Crippen LogP contribution in [-0.4, -0.2) is 51.6 Å². The highest BCUT2D eigenvalue weighted by Crippen LogP contribution is 2.69. The lowest BCUT2D eigenvalue weighted by Gasteiger charge is -2.63.